The third-order valence-corrected chi connectivity index (χ3v) is 4.17. The Labute approximate surface area is 84.2 Å². The molecule has 0 aromatic rings. The molecule has 0 aromatic carbocycles. The molecule has 1 aliphatic carbocycles. The van der Waals surface area contributed by atoms with Crippen LogP contribution in [0.3, 0.4) is 0 Å². The van der Waals surface area contributed by atoms with Crippen LogP contribution in [0.25, 0.3) is 0 Å². The Morgan fingerprint density at radius 3 is 2.64 bits per heavy atom. The van der Waals surface area contributed by atoms with E-state index < -0.39 is 5.54 Å². The third kappa shape index (κ3) is 0.982. The van der Waals surface area contributed by atoms with Crippen LogP contribution in [0.1, 0.15) is 40.0 Å². The maximum atomic E-state index is 10.1. The van der Waals surface area contributed by atoms with E-state index in [0.717, 1.165) is 25.0 Å². The standard InChI is InChI=1S/C10H18N2O2/c1-9(2)7-4-5-10(3,12(9)14)8(6-7)11-13/h7,13-14H,4-6H2,1-3H3. The molecule has 2 saturated heterocycles. The predicted octanol–water partition coefficient (Wildman–Crippen LogP) is 1.86. The van der Waals surface area contributed by atoms with Crippen molar-refractivity contribution in [3.63, 3.8) is 0 Å². The molecular weight excluding hydrogens is 180 g/mol. The summed E-state index contributed by atoms with van der Waals surface area (Å²) in [6, 6.07) is 0. The van der Waals surface area contributed by atoms with E-state index in [9.17, 15) is 5.21 Å². The van der Waals surface area contributed by atoms with Crippen LogP contribution in [0, 0.1) is 5.92 Å². The summed E-state index contributed by atoms with van der Waals surface area (Å²) in [6.07, 6.45) is 2.77. The van der Waals surface area contributed by atoms with Crippen molar-refractivity contribution in [1.29, 1.82) is 0 Å². The van der Waals surface area contributed by atoms with Crippen molar-refractivity contribution in [3.05, 3.63) is 0 Å². The van der Waals surface area contributed by atoms with Crippen molar-refractivity contribution in [2.24, 2.45) is 11.1 Å². The van der Waals surface area contributed by atoms with Crippen LogP contribution in [0.5, 0.6) is 0 Å². The Kier molecular flexibility index (Phi) is 1.92. The smallest absolute Gasteiger partial charge is 0.0851 e. The van der Waals surface area contributed by atoms with E-state index >= 15 is 0 Å². The zero-order valence-corrected chi connectivity index (χ0v) is 8.99. The Morgan fingerprint density at radius 1 is 1.43 bits per heavy atom. The maximum absolute atomic E-state index is 10.1. The number of hydroxylamine groups is 2. The first kappa shape index (κ1) is 9.93. The molecule has 0 aromatic heterocycles. The summed E-state index contributed by atoms with van der Waals surface area (Å²) in [6.45, 7) is 6.03. The van der Waals surface area contributed by atoms with Crippen LogP contribution in [0.4, 0.5) is 0 Å². The summed E-state index contributed by atoms with van der Waals surface area (Å²) < 4.78 is 0. The van der Waals surface area contributed by atoms with Gasteiger partial charge >= 0.3 is 0 Å². The van der Waals surface area contributed by atoms with Gasteiger partial charge in [-0.1, -0.05) is 5.16 Å². The lowest BCUT2D eigenvalue weighted by Crippen LogP contribution is -2.69. The second-order valence-electron chi connectivity index (χ2n) is 5.23. The van der Waals surface area contributed by atoms with Gasteiger partial charge in [0.05, 0.1) is 11.3 Å². The fourth-order valence-corrected chi connectivity index (χ4v) is 2.94. The molecule has 3 rings (SSSR count). The van der Waals surface area contributed by atoms with Gasteiger partial charge in [-0.05, 0) is 46.0 Å². The number of piperidine rings is 2. The van der Waals surface area contributed by atoms with Crippen LogP contribution < -0.4 is 0 Å². The number of nitrogens with zero attached hydrogens (tertiary/aromatic N) is 2. The highest BCUT2D eigenvalue weighted by atomic mass is 16.5. The highest BCUT2D eigenvalue weighted by Gasteiger charge is 2.57. The molecule has 2 bridgehead atoms. The van der Waals surface area contributed by atoms with E-state index in [0.29, 0.717) is 5.92 Å². The first-order valence-electron chi connectivity index (χ1n) is 5.13. The largest absolute Gasteiger partial charge is 0.411 e. The fourth-order valence-electron chi connectivity index (χ4n) is 2.94. The van der Waals surface area contributed by atoms with Gasteiger partial charge in [-0.25, -0.2) is 0 Å². The topological polar surface area (TPSA) is 56.1 Å². The second-order valence-corrected chi connectivity index (χ2v) is 5.23. The van der Waals surface area contributed by atoms with Crippen LogP contribution in [-0.4, -0.2) is 32.3 Å². The van der Waals surface area contributed by atoms with Crippen molar-refractivity contribution in [3.8, 4) is 0 Å². The molecule has 2 atom stereocenters. The number of hydrogen-bond acceptors (Lipinski definition) is 4. The van der Waals surface area contributed by atoms with Crippen molar-refractivity contribution < 1.29 is 10.4 Å². The average Bonchev–Trinajstić information content (AvgIpc) is 2.14. The quantitative estimate of drug-likeness (QED) is 0.461. The molecule has 3 aliphatic rings. The summed E-state index contributed by atoms with van der Waals surface area (Å²) in [4.78, 5) is 0. The lowest BCUT2D eigenvalue weighted by Gasteiger charge is -2.59. The molecular formula is C10H18N2O2. The van der Waals surface area contributed by atoms with E-state index in [-0.39, 0.29) is 5.54 Å². The van der Waals surface area contributed by atoms with Crippen LogP contribution in [-0.2, 0) is 0 Å². The molecule has 14 heavy (non-hydrogen) atoms. The predicted molar refractivity (Wildman–Crippen MR) is 52.7 cm³/mol. The van der Waals surface area contributed by atoms with Gasteiger partial charge in [0.15, 0.2) is 0 Å². The Hall–Kier alpha value is -0.610. The molecule has 0 radical (unpaired) electrons. The van der Waals surface area contributed by atoms with Gasteiger partial charge in [0, 0.05) is 5.54 Å². The van der Waals surface area contributed by atoms with Gasteiger partial charge in [0.25, 0.3) is 0 Å². The van der Waals surface area contributed by atoms with Gasteiger partial charge in [-0.2, -0.15) is 5.06 Å². The van der Waals surface area contributed by atoms with E-state index in [1.807, 2.05) is 20.8 Å². The van der Waals surface area contributed by atoms with Crippen LogP contribution in [0.2, 0.25) is 0 Å². The first-order chi connectivity index (χ1) is 6.43. The molecule has 0 amide bonds. The first-order valence-corrected chi connectivity index (χ1v) is 5.13. The van der Waals surface area contributed by atoms with Crippen LogP contribution in [0.15, 0.2) is 5.16 Å². The lowest BCUT2D eigenvalue weighted by molar-refractivity contribution is -0.253. The summed E-state index contributed by atoms with van der Waals surface area (Å²) in [5.74, 6) is 0.389. The highest BCUT2D eigenvalue weighted by molar-refractivity contribution is 5.94. The number of fused-ring (bicyclic) bond motifs is 3. The van der Waals surface area contributed by atoms with Gasteiger partial charge in [-0.3, -0.25) is 0 Å². The minimum atomic E-state index is -0.465. The minimum absolute atomic E-state index is 0.207. The summed E-state index contributed by atoms with van der Waals surface area (Å²) in [7, 11) is 0. The van der Waals surface area contributed by atoms with Crippen LogP contribution >= 0.6 is 0 Å². The molecule has 2 aliphatic heterocycles. The Balaban J connectivity index is 2.44. The summed E-state index contributed by atoms with van der Waals surface area (Å²) >= 11 is 0. The molecule has 1 saturated carbocycles. The number of hydrogen-bond donors (Lipinski definition) is 2. The van der Waals surface area contributed by atoms with E-state index in [1.54, 1.807) is 0 Å². The Morgan fingerprint density at radius 2 is 2.07 bits per heavy atom. The van der Waals surface area contributed by atoms with Gasteiger partial charge in [0.1, 0.15) is 0 Å². The lowest BCUT2D eigenvalue weighted by atomic mass is 9.63. The Bertz CT molecular complexity index is 288. The summed E-state index contributed by atoms with van der Waals surface area (Å²) in [5, 5.41) is 23.8. The maximum Gasteiger partial charge on any atom is 0.0851 e. The molecule has 80 valence electrons. The summed E-state index contributed by atoms with van der Waals surface area (Å²) in [5.41, 5.74) is 0.0457. The fraction of sp³-hybridized carbons (Fsp3) is 0.900. The van der Waals surface area contributed by atoms with Gasteiger partial charge in [0.2, 0.25) is 0 Å². The normalized spacial score (nSPS) is 44.6. The number of oxime groups is 1. The zero-order valence-electron chi connectivity index (χ0n) is 8.99. The van der Waals surface area contributed by atoms with Crippen molar-refractivity contribution >= 4 is 5.71 Å². The molecule has 2 N–H and O–H groups in total. The van der Waals surface area contributed by atoms with Gasteiger partial charge in [-0.15, -0.1) is 0 Å². The van der Waals surface area contributed by atoms with E-state index in [4.69, 9.17) is 5.21 Å². The van der Waals surface area contributed by atoms with Crippen molar-refractivity contribution in [2.75, 3.05) is 0 Å². The van der Waals surface area contributed by atoms with Gasteiger partial charge < -0.3 is 10.4 Å². The van der Waals surface area contributed by atoms with E-state index in [1.165, 1.54) is 5.06 Å². The second kappa shape index (κ2) is 2.70. The monoisotopic (exact) mass is 198 g/mol. The average molecular weight is 198 g/mol. The molecule has 2 heterocycles. The number of rotatable bonds is 0. The minimum Gasteiger partial charge on any atom is -0.411 e. The third-order valence-electron chi connectivity index (χ3n) is 4.17. The highest BCUT2D eigenvalue weighted by Crippen LogP contribution is 2.49. The van der Waals surface area contributed by atoms with Crippen molar-refractivity contribution in [1.82, 2.24) is 5.06 Å². The molecule has 0 spiro atoms. The molecule has 4 heteroatoms. The molecule has 4 nitrogen and oxygen atoms in total. The van der Waals surface area contributed by atoms with Crippen molar-refractivity contribution in [2.45, 2.75) is 51.1 Å². The molecule has 3 fully saturated rings. The van der Waals surface area contributed by atoms with E-state index in [2.05, 4.69) is 5.16 Å². The zero-order chi connectivity index (χ0) is 10.6. The molecule has 2 unspecified atom stereocenters. The SMILES string of the molecule is CC12CCC(CC1=NO)C(C)(C)N2O.